The summed E-state index contributed by atoms with van der Waals surface area (Å²) in [5.74, 6) is 1.17. The van der Waals surface area contributed by atoms with Gasteiger partial charge in [-0.3, -0.25) is 9.69 Å². The normalized spacial score (nSPS) is 18.9. The van der Waals surface area contributed by atoms with Gasteiger partial charge in [0, 0.05) is 42.2 Å². The minimum absolute atomic E-state index is 0.123. The van der Waals surface area contributed by atoms with Gasteiger partial charge in [-0.15, -0.1) is 0 Å². The molecule has 4 aromatic rings. The van der Waals surface area contributed by atoms with Gasteiger partial charge in [0.1, 0.15) is 28.6 Å². The Morgan fingerprint density at radius 1 is 0.889 bits per heavy atom. The molecule has 0 unspecified atom stereocenters. The number of benzene rings is 1. The molecule has 45 heavy (non-hydrogen) atoms. The lowest BCUT2D eigenvalue weighted by Gasteiger charge is -2.27. The zero-order valence-corrected chi connectivity index (χ0v) is 25.1. The number of nitrogens with zero attached hydrogens (tertiary/aromatic N) is 6. The van der Waals surface area contributed by atoms with Crippen LogP contribution in [0.5, 0.6) is 0 Å². The molecule has 2 N–H and O–H groups in total. The number of hydrogen-bond acceptors (Lipinski definition) is 7. The number of aromatic amines is 2. The van der Waals surface area contributed by atoms with Crippen molar-refractivity contribution in [1.82, 2.24) is 39.7 Å². The third-order valence-corrected chi connectivity index (χ3v) is 7.92. The van der Waals surface area contributed by atoms with E-state index in [1.165, 1.54) is 4.90 Å². The number of ether oxygens (including phenoxy) is 1. The maximum Gasteiger partial charge on any atom is 0.433 e. The summed E-state index contributed by atoms with van der Waals surface area (Å²) in [5, 5.41) is 0. The lowest BCUT2D eigenvalue weighted by atomic mass is 10.1. The van der Waals surface area contributed by atoms with E-state index in [2.05, 4.69) is 29.9 Å². The number of imidazole rings is 2. The lowest BCUT2D eigenvalue weighted by molar-refractivity contribution is -0.140. The number of likely N-dealkylation sites (tertiary alicyclic amines) is 2. The smallest absolute Gasteiger partial charge is 0.433 e. The van der Waals surface area contributed by atoms with Crippen LogP contribution in [0.1, 0.15) is 75.9 Å². The maximum atomic E-state index is 13.9. The second-order valence-corrected chi connectivity index (χ2v) is 12.2. The first kappa shape index (κ1) is 30.3. The van der Waals surface area contributed by atoms with Gasteiger partial charge in [-0.1, -0.05) is 24.3 Å². The van der Waals surface area contributed by atoms with Crippen molar-refractivity contribution in [1.29, 1.82) is 0 Å². The Balaban J connectivity index is 1.19. The van der Waals surface area contributed by atoms with E-state index in [9.17, 15) is 22.8 Å². The van der Waals surface area contributed by atoms with E-state index in [0.717, 1.165) is 12.8 Å². The summed E-state index contributed by atoms with van der Waals surface area (Å²) in [5.41, 5.74) is 0.496. The predicted octanol–water partition coefficient (Wildman–Crippen LogP) is 6.31. The van der Waals surface area contributed by atoms with Crippen molar-refractivity contribution in [3.63, 3.8) is 0 Å². The van der Waals surface area contributed by atoms with E-state index >= 15 is 0 Å². The predicted molar refractivity (Wildman–Crippen MR) is 157 cm³/mol. The Labute approximate surface area is 257 Å². The van der Waals surface area contributed by atoms with Crippen LogP contribution in [0.15, 0.2) is 42.9 Å². The molecule has 0 aliphatic carbocycles. The Hall–Kier alpha value is -4.75. The van der Waals surface area contributed by atoms with Crippen molar-refractivity contribution in [2.45, 2.75) is 70.3 Å². The molecule has 2 fully saturated rings. The second-order valence-electron chi connectivity index (χ2n) is 12.2. The zero-order chi connectivity index (χ0) is 31.9. The van der Waals surface area contributed by atoms with E-state index in [1.807, 2.05) is 20.8 Å². The fraction of sp³-hybridized carbons (Fsp3) is 0.419. The van der Waals surface area contributed by atoms with E-state index < -0.39 is 23.5 Å². The Kier molecular flexibility index (Phi) is 7.83. The number of rotatable bonds is 6. The molecule has 14 heteroatoms. The van der Waals surface area contributed by atoms with Crippen molar-refractivity contribution in [2.75, 3.05) is 13.1 Å². The van der Waals surface area contributed by atoms with Crippen LogP contribution in [-0.2, 0) is 15.7 Å². The molecular weight excluding hydrogens is 589 g/mol. The number of carbonyl (C=O) groups excluding carboxylic acids is 2. The van der Waals surface area contributed by atoms with Gasteiger partial charge >= 0.3 is 12.3 Å². The van der Waals surface area contributed by atoms with Crippen molar-refractivity contribution in [2.24, 2.45) is 0 Å². The highest BCUT2D eigenvalue weighted by Gasteiger charge is 2.39. The monoisotopic (exact) mass is 622 g/mol. The number of hydrogen-bond donors (Lipinski definition) is 2. The van der Waals surface area contributed by atoms with E-state index in [0.29, 0.717) is 60.8 Å². The van der Waals surface area contributed by atoms with Crippen LogP contribution in [0.4, 0.5) is 18.0 Å². The third-order valence-electron chi connectivity index (χ3n) is 7.92. The molecule has 6 rings (SSSR count). The number of alkyl halides is 3. The molecular formula is C31H33F3N8O3. The highest BCUT2D eigenvalue weighted by molar-refractivity contribution is 5.70. The van der Waals surface area contributed by atoms with Gasteiger partial charge in [0.15, 0.2) is 5.82 Å². The average Bonchev–Trinajstić information content (AvgIpc) is 3.81. The second kappa shape index (κ2) is 11.6. The highest BCUT2D eigenvalue weighted by Crippen LogP contribution is 2.39. The summed E-state index contributed by atoms with van der Waals surface area (Å²) in [6.45, 7) is 6.56. The number of carbonyl (C=O) groups is 2. The molecule has 0 radical (unpaired) electrons. The first-order valence-corrected chi connectivity index (χ1v) is 14.8. The van der Waals surface area contributed by atoms with Gasteiger partial charge in [0.05, 0.1) is 24.0 Å². The standard InChI is InChI=1S/C31H33F3N8O3/c1-30(2,3)45-29(44)42-13-5-7-23(42)27-37-16-21(38-27)20-14-35-26(36-15-20)19-10-8-18(9-11-19)24-25(31(32,33)34)40-28(39-24)22-6-4-12-41(22)17-43/h8-11,14-17,22-23H,4-7,12-13H2,1-3H3,(H,37,38)(H,39,40)/t22-,23-/m0/s1. The molecule has 2 aliphatic rings. The molecule has 2 saturated heterocycles. The van der Waals surface area contributed by atoms with Crippen LogP contribution in [-0.4, -0.2) is 70.9 Å². The van der Waals surface area contributed by atoms with Crippen LogP contribution < -0.4 is 0 Å². The van der Waals surface area contributed by atoms with Crippen LogP contribution >= 0.6 is 0 Å². The topological polar surface area (TPSA) is 133 Å². The minimum atomic E-state index is -4.65. The first-order chi connectivity index (χ1) is 21.4. The van der Waals surface area contributed by atoms with Crippen molar-refractivity contribution in [3.8, 4) is 33.9 Å². The van der Waals surface area contributed by atoms with Crippen molar-refractivity contribution in [3.05, 3.63) is 60.2 Å². The van der Waals surface area contributed by atoms with Gasteiger partial charge < -0.3 is 19.6 Å². The van der Waals surface area contributed by atoms with Gasteiger partial charge in [-0.25, -0.2) is 24.7 Å². The van der Waals surface area contributed by atoms with Crippen LogP contribution in [0.3, 0.4) is 0 Å². The lowest BCUT2D eigenvalue weighted by Crippen LogP contribution is -2.36. The van der Waals surface area contributed by atoms with Crippen LogP contribution in [0.25, 0.3) is 33.9 Å². The number of aromatic nitrogens is 6. The number of nitrogens with one attached hydrogen (secondary N) is 2. The minimum Gasteiger partial charge on any atom is -0.444 e. The fourth-order valence-corrected chi connectivity index (χ4v) is 5.81. The zero-order valence-electron chi connectivity index (χ0n) is 25.1. The summed E-state index contributed by atoms with van der Waals surface area (Å²) in [6, 6.07) is 5.65. The Bertz CT molecular complexity index is 1680. The van der Waals surface area contributed by atoms with Gasteiger partial charge in [-0.05, 0) is 46.5 Å². The SMILES string of the molecule is CC(C)(C)OC(=O)N1CCC[C@H]1c1ncc(-c2cnc(-c3ccc(-c4nc([C@@H]5CCCN5C=O)[nH]c4C(F)(F)F)cc3)nc2)[nH]1. The number of halogens is 3. The number of amides is 2. The van der Waals surface area contributed by atoms with E-state index in [1.54, 1.807) is 47.8 Å². The molecule has 236 valence electrons. The first-order valence-electron chi connectivity index (χ1n) is 14.8. The molecule has 5 heterocycles. The summed E-state index contributed by atoms with van der Waals surface area (Å²) in [4.78, 5) is 50.7. The molecule has 2 atom stereocenters. The molecule has 0 spiro atoms. The molecule has 1 aromatic carbocycles. The number of H-pyrrole nitrogens is 2. The van der Waals surface area contributed by atoms with Crippen molar-refractivity contribution >= 4 is 12.5 Å². The van der Waals surface area contributed by atoms with Crippen LogP contribution in [0.2, 0.25) is 0 Å². The van der Waals surface area contributed by atoms with Crippen LogP contribution in [0, 0.1) is 0 Å². The molecule has 2 amide bonds. The molecule has 3 aromatic heterocycles. The molecule has 2 aliphatic heterocycles. The van der Waals surface area contributed by atoms with Gasteiger partial charge in [-0.2, -0.15) is 13.2 Å². The summed E-state index contributed by atoms with van der Waals surface area (Å²) in [6.07, 6.45) is 3.41. The van der Waals surface area contributed by atoms with Crippen molar-refractivity contribution < 1.29 is 27.5 Å². The van der Waals surface area contributed by atoms with E-state index in [4.69, 9.17) is 4.74 Å². The maximum absolute atomic E-state index is 13.9. The fourth-order valence-electron chi connectivity index (χ4n) is 5.81. The molecule has 0 bridgehead atoms. The quantitative estimate of drug-likeness (QED) is 0.241. The Morgan fingerprint density at radius 3 is 2.22 bits per heavy atom. The summed E-state index contributed by atoms with van der Waals surface area (Å²) < 4.78 is 47.4. The Morgan fingerprint density at radius 2 is 1.56 bits per heavy atom. The molecule has 0 saturated carbocycles. The average molecular weight is 623 g/mol. The van der Waals surface area contributed by atoms with E-state index in [-0.39, 0.29) is 29.2 Å². The third kappa shape index (κ3) is 6.26. The largest absolute Gasteiger partial charge is 0.444 e. The summed E-state index contributed by atoms with van der Waals surface area (Å²) >= 11 is 0. The van der Waals surface area contributed by atoms with Gasteiger partial charge in [0.2, 0.25) is 6.41 Å². The molecule has 11 nitrogen and oxygen atoms in total. The van der Waals surface area contributed by atoms with Gasteiger partial charge in [0.25, 0.3) is 0 Å². The highest BCUT2D eigenvalue weighted by atomic mass is 19.4. The summed E-state index contributed by atoms with van der Waals surface area (Å²) in [7, 11) is 0.